The summed E-state index contributed by atoms with van der Waals surface area (Å²) in [4.78, 5) is 9.22. The second kappa shape index (κ2) is 11.1. The standard InChI is InChI=1S/C22H38N4O2/c1-17(2)14-26-11-7-8-18(15-26)13-24-22(23-3)25(4)16-19-9-10-20(27-5)12-21(19)28-6/h9-10,12,17-18H,7-8,11,13-16H2,1-6H3,(H,23,24). The third kappa shape index (κ3) is 6.59. The molecule has 1 N–H and O–H groups in total. The van der Waals surface area contributed by atoms with E-state index in [4.69, 9.17) is 9.47 Å². The van der Waals surface area contributed by atoms with E-state index in [1.807, 2.05) is 25.2 Å². The van der Waals surface area contributed by atoms with Gasteiger partial charge in [0.15, 0.2) is 5.96 Å². The van der Waals surface area contributed by atoms with E-state index in [0.717, 1.165) is 42.0 Å². The van der Waals surface area contributed by atoms with E-state index in [2.05, 4.69) is 41.0 Å². The van der Waals surface area contributed by atoms with E-state index in [9.17, 15) is 0 Å². The zero-order chi connectivity index (χ0) is 20.5. The number of rotatable bonds is 8. The molecule has 1 aromatic carbocycles. The first-order valence-electron chi connectivity index (χ1n) is 10.3. The lowest BCUT2D eigenvalue weighted by Gasteiger charge is -2.34. The molecule has 1 atom stereocenters. The van der Waals surface area contributed by atoms with Gasteiger partial charge in [-0.05, 0) is 43.4 Å². The summed E-state index contributed by atoms with van der Waals surface area (Å²) in [6, 6.07) is 5.93. The molecule has 6 heteroatoms. The molecule has 0 aliphatic carbocycles. The highest BCUT2D eigenvalue weighted by molar-refractivity contribution is 5.79. The molecule has 1 aliphatic rings. The van der Waals surface area contributed by atoms with Crippen LogP contribution in [0, 0.1) is 11.8 Å². The summed E-state index contributed by atoms with van der Waals surface area (Å²) in [5, 5.41) is 3.58. The van der Waals surface area contributed by atoms with Crippen LogP contribution in [0.5, 0.6) is 11.5 Å². The van der Waals surface area contributed by atoms with Crippen molar-refractivity contribution < 1.29 is 9.47 Å². The maximum absolute atomic E-state index is 5.53. The Balaban J connectivity index is 1.91. The normalized spacial score (nSPS) is 18.2. The highest BCUT2D eigenvalue weighted by Gasteiger charge is 2.21. The van der Waals surface area contributed by atoms with Crippen LogP contribution in [-0.4, -0.2) is 70.3 Å². The maximum atomic E-state index is 5.53. The van der Waals surface area contributed by atoms with Crippen molar-refractivity contribution in [2.45, 2.75) is 33.2 Å². The molecule has 0 spiro atoms. The topological polar surface area (TPSA) is 49.3 Å². The average molecular weight is 391 g/mol. The van der Waals surface area contributed by atoms with E-state index >= 15 is 0 Å². The number of piperidine rings is 1. The van der Waals surface area contributed by atoms with Crippen molar-refractivity contribution in [3.05, 3.63) is 23.8 Å². The van der Waals surface area contributed by atoms with Crippen molar-refractivity contribution in [1.29, 1.82) is 0 Å². The minimum Gasteiger partial charge on any atom is -0.497 e. The Morgan fingerprint density at radius 2 is 2.11 bits per heavy atom. The van der Waals surface area contributed by atoms with Gasteiger partial charge >= 0.3 is 0 Å². The van der Waals surface area contributed by atoms with Crippen LogP contribution in [0.1, 0.15) is 32.3 Å². The summed E-state index contributed by atoms with van der Waals surface area (Å²) < 4.78 is 10.8. The van der Waals surface area contributed by atoms with Crippen molar-refractivity contribution in [2.24, 2.45) is 16.8 Å². The van der Waals surface area contributed by atoms with Crippen LogP contribution in [0.25, 0.3) is 0 Å². The van der Waals surface area contributed by atoms with Crippen LogP contribution in [0.4, 0.5) is 0 Å². The van der Waals surface area contributed by atoms with Crippen molar-refractivity contribution in [1.82, 2.24) is 15.1 Å². The fourth-order valence-electron chi connectivity index (χ4n) is 3.93. The average Bonchev–Trinajstić information content (AvgIpc) is 2.68. The zero-order valence-corrected chi connectivity index (χ0v) is 18.5. The van der Waals surface area contributed by atoms with Gasteiger partial charge in [-0.15, -0.1) is 0 Å². The van der Waals surface area contributed by atoms with Gasteiger partial charge < -0.3 is 24.6 Å². The first-order chi connectivity index (χ1) is 13.5. The third-order valence-corrected chi connectivity index (χ3v) is 5.25. The number of ether oxygens (including phenoxy) is 2. The van der Waals surface area contributed by atoms with Gasteiger partial charge in [-0.25, -0.2) is 0 Å². The van der Waals surface area contributed by atoms with Gasteiger partial charge in [0.05, 0.1) is 14.2 Å². The molecular weight excluding hydrogens is 352 g/mol. The highest BCUT2D eigenvalue weighted by atomic mass is 16.5. The largest absolute Gasteiger partial charge is 0.497 e. The maximum Gasteiger partial charge on any atom is 0.193 e. The fraction of sp³-hybridized carbons (Fsp3) is 0.682. The molecule has 158 valence electrons. The van der Waals surface area contributed by atoms with Gasteiger partial charge in [0.25, 0.3) is 0 Å². The summed E-state index contributed by atoms with van der Waals surface area (Å²) in [6.07, 6.45) is 2.57. The summed E-state index contributed by atoms with van der Waals surface area (Å²) in [5.74, 6) is 3.95. The molecule has 1 saturated heterocycles. The van der Waals surface area contributed by atoms with Crippen LogP contribution in [0.2, 0.25) is 0 Å². The van der Waals surface area contributed by atoms with Gasteiger partial charge in [-0.2, -0.15) is 0 Å². The van der Waals surface area contributed by atoms with Gasteiger partial charge in [-0.3, -0.25) is 4.99 Å². The van der Waals surface area contributed by atoms with Crippen LogP contribution in [-0.2, 0) is 6.54 Å². The molecule has 6 nitrogen and oxygen atoms in total. The fourth-order valence-corrected chi connectivity index (χ4v) is 3.93. The molecule has 0 saturated carbocycles. The van der Waals surface area contributed by atoms with E-state index in [1.165, 1.54) is 32.5 Å². The second-order valence-corrected chi connectivity index (χ2v) is 8.12. The van der Waals surface area contributed by atoms with Crippen molar-refractivity contribution in [3.63, 3.8) is 0 Å². The molecule has 1 heterocycles. The monoisotopic (exact) mass is 390 g/mol. The Morgan fingerprint density at radius 1 is 1.32 bits per heavy atom. The molecule has 1 aromatic rings. The van der Waals surface area contributed by atoms with Crippen molar-refractivity contribution in [2.75, 3.05) is 54.5 Å². The summed E-state index contributed by atoms with van der Waals surface area (Å²) in [5.41, 5.74) is 1.11. The Labute approximate surface area is 170 Å². The van der Waals surface area contributed by atoms with Crippen LogP contribution in [0.15, 0.2) is 23.2 Å². The molecule has 28 heavy (non-hydrogen) atoms. The molecule has 1 fully saturated rings. The first kappa shape index (κ1) is 22.3. The number of nitrogens with zero attached hydrogens (tertiary/aromatic N) is 3. The van der Waals surface area contributed by atoms with E-state index in [1.54, 1.807) is 14.2 Å². The third-order valence-electron chi connectivity index (χ3n) is 5.25. The number of guanidine groups is 1. The van der Waals surface area contributed by atoms with E-state index in [-0.39, 0.29) is 0 Å². The second-order valence-electron chi connectivity index (χ2n) is 8.12. The first-order valence-corrected chi connectivity index (χ1v) is 10.3. The predicted molar refractivity (Wildman–Crippen MR) is 116 cm³/mol. The smallest absolute Gasteiger partial charge is 0.193 e. The van der Waals surface area contributed by atoms with Crippen LogP contribution in [0.3, 0.4) is 0 Å². The highest BCUT2D eigenvalue weighted by Crippen LogP contribution is 2.25. The number of likely N-dealkylation sites (tertiary alicyclic amines) is 1. The van der Waals surface area contributed by atoms with Crippen molar-refractivity contribution in [3.8, 4) is 11.5 Å². The lowest BCUT2D eigenvalue weighted by molar-refractivity contribution is 0.159. The number of hydrogen-bond acceptors (Lipinski definition) is 4. The predicted octanol–water partition coefficient (Wildman–Crippen LogP) is 3.08. The quantitative estimate of drug-likeness (QED) is 0.546. The van der Waals surface area contributed by atoms with Gasteiger partial charge in [-0.1, -0.05) is 13.8 Å². The van der Waals surface area contributed by atoms with Gasteiger partial charge in [0, 0.05) is 51.9 Å². The number of nitrogens with one attached hydrogen (secondary N) is 1. The van der Waals surface area contributed by atoms with E-state index < -0.39 is 0 Å². The lowest BCUT2D eigenvalue weighted by atomic mass is 9.97. The number of hydrogen-bond donors (Lipinski definition) is 1. The Morgan fingerprint density at radius 3 is 2.75 bits per heavy atom. The molecular formula is C22H38N4O2. The lowest BCUT2D eigenvalue weighted by Crippen LogP contribution is -2.45. The molecule has 1 unspecified atom stereocenters. The molecule has 0 aromatic heterocycles. The number of aliphatic imine (C=N–C) groups is 1. The minimum absolute atomic E-state index is 0.674. The van der Waals surface area contributed by atoms with Crippen LogP contribution >= 0.6 is 0 Å². The summed E-state index contributed by atoms with van der Waals surface area (Å²) in [6.45, 7) is 9.89. The minimum atomic E-state index is 0.674. The molecule has 0 bridgehead atoms. The molecule has 1 aliphatic heterocycles. The zero-order valence-electron chi connectivity index (χ0n) is 18.5. The van der Waals surface area contributed by atoms with Gasteiger partial charge in [0.1, 0.15) is 11.5 Å². The summed E-state index contributed by atoms with van der Waals surface area (Å²) >= 11 is 0. The molecule has 2 rings (SSSR count). The van der Waals surface area contributed by atoms with E-state index in [0.29, 0.717) is 5.92 Å². The number of methoxy groups -OCH3 is 2. The SMILES string of the molecule is CN=C(NCC1CCCN(CC(C)C)C1)N(C)Cc1ccc(OC)cc1OC. The van der Waals surface area contributed by atoms with Crippen LogP contribution < -0.4 is 14.8 Å². The Bertz CT molecular complexity index is 633. The Kier molecular flexibility index (Phi) is 8.90. The summed E-state index contributed by atoms with van der Waals surface area (Å²) in [7, 11) is 7.26. The molecule has 0 radical (unpaired) electrons. The van der Waals surface area contributed by atoms with Gasteiger partial charge in [0.2, 0.25) is 0 Å². The number of benzene rings is 1. The van der Waals surface area contributed by atoms with Crippen molar-refractivity contribution >= 4 is 5.96 Å². The molecule has 0 amide bonds. The Hall–Kier alpha value is -1.95.